The fourth-order valence-corrected chi connectivity index (χ4v) is 4.95. The van der Waals surface area contributed by atoms with Crippen molar-refractivity contribution in [3.05, 3.63) is 91.5 Å². The first-order valence-corrected chi connectivity index (χ1v) is 10.9. The van der Waals surface area contributed by atoms with Crippen LogP contribution in [-0.4, -0.2) is 14.2 Å². The van der Waals surface area contributed by atoms with Crippen molar-refractivity contribution in [1.29, 1.82) is 0 Å². The molecule has 1 aromatic heterocycles. The quantitative estimate of drug-likeness (QED) is 0.395. The lowest BCUT2D eigenvalue weighted by Crippen LogP contribution is -2.14. The van der Waals surface area contributed by atoms with Crippen LogP contribution in [0.3, 0.4) is 0 Å². The van der Waals surface area contributed by atoms with Crippen molar-refractivity contribution >= 4 is 44.6 Å². The lowest BCUT2D eigenvalue weighted by Gasteiger charge is -2.10. The summed E-state index contributed by atoms with van der Waals surface area (Å²) in [6.45, 7) is 3.76. The van der Waals surface area contributed by atoms with Crippen LogP contribution in [0.4, 0.5) is 0 Å². The van der Waals surface area contributed by atoms with Gasteiger partial charge in [-0.05, 0) is 73.3 Å². The number of carbonyl (C=O) groups excluding carboxylic acids is 1. The molecule has 0 amide bonds. The van der Waals surface area contributed by atoms with Crippen molar-refractivity contribution in [2.45, 2.75) is 18.7 Å². The van der Waals surface area contributed by atoms with Gasteiger partial charge in [0, 0.05) is 15.5 Å². The number of Topliss-reactive ketones (excluding diaryl/α,β-unsaturated/α-hetero) is 1. The van der Waals surface area contributed by atoms with Gasteiger partial charge in [-0.2, -0.15) is 0 Å². The number of benzene rings is 2. The Kier molecular flexibility index (Phi) is 5.65. The van der Waals surface area contributed by atoms with Crippen LogP contribution in [0.2, 0.25) is 5.02 Å². The monoisotopic (exact) mass is 416 g/mol. The summed E-state index contributed by atoms with van der Waals surface area (Å²) in [7, 11) is -3.98. The molecule has 0 aliphatic carbocycles. The summed E-state index contributed by atoms with van der Waals surface area (Å²) in [6, 6.07) is 14.6. The second-order valence-electron chi connectivity index (χ2n) is 6.13. The van der Waals surface area contributed by atoms with Gasteiger partial charge in [0.05, 0.1) is 4.90 Å². The molecular formula is C21H17ClO3S2. The average Bonchev–Trinajstić information content (AvgIpc) is 3.05. The minimum atomic E-state index is -3.98. The number of aryl methyl sites for hydroxylation is 2. The van der Waals surface area contributed by atoms with E-state index in [1.165, 1.54) is 41.7 Å². The Bertz CT molecular complexity index is 1110. The van der Waals surface area contributed by atoms with Crippen LogP contribution in [-0.2, 0) is 9.84 Å². The third-order valence-electron chi connectivity index (χ3n) is 4.11. The molecule has 3 nitrogen and oxygen atoms in total. The number of halogens is 1. The minimum Gasteiger partial charge on any atom is -0.288 e. The van der Waals surface area contributed by atoms with E-state index in [9.17, 15) is 13.2 Å². The predicted octanol–water partition coefficient (Wildman–Crippen LogP) is 5.72. The molecule has 27 heavy (non-hydrogen) atoms. The molecule has 0 N–H and O–H groups in total. The highest BCUT2D eigenvalue weighted by atomic mass is 35.5. The highest BCUT2D eigenvalue weighted by Gasteiger charge is 2.28. The topological polar surface area (TPSA) is 51.2 Å². The summed E-state index contributed by atoms with van der Waals surface area (Å²) in [5, 5.41) is 2.34. The maximum absolute atomic E-state index is 13.3. The second-order valence-corrected chi connectivity index (χ2v) is 9.43. The van der Waals surface area contributed by atoms with E-state index in [4.69, 9.17) is 11.6 Å². The van der Waals surface area contributed by atoms with Crippen LogP contribution < -0.4 is 0 Å². The zero-order valence-electron chi connectivity index (χ0n) is 14.8. The molecule has 0 radical (unpaired) electrons. The lowest BCUT2D eigenvalue weighted by atomic mass is 10.1. The van der Waals surface area contributed by atoms with Crippen LogP contribution in [0.15, 0.2) is 69.8 Å². The molecule has 0 aliphatic rings. The smallest absolute Gasteiger partial charge is 0.210 e. The number of thiophene rings is 1. The van der Waals surface area contributed by atoms with Crippen molar-refractivity contribution in [1.82, 2.24) is 0 Å². The SMILES string of the molecule is Cc1ccc(S(=O)(=O)/C(=C/c2sccc2C)C(=O)c2ccc(Cl)cc2)cc1. The van der Waals surface area contributed by atoms with Gasteiger partial charge in [-0.25, -0.2) is 8.42 Å². The highest BCUT2D eigenvalue weighted by molar-refractivity contribution is 7.96. The van der Waals surface area contributed by atoms with E-state index >= 15 is 0 Å². The number of carbonyl (C=O) groups is 1. The third kappa shape index (κ3) is 4.21. The number of allylic oxidation sites excluding steroid dienone is 1. The van der Waals surface area contributed by atoms with Crippen LogP contribution >= 0.6 is 22.9 Å². The van der Waals surface area contributed by atoms with Crippen LogP contribution in [0.5, 0.6) is 0 Å². The van der Waals surface area contributed by atoms with Crippen molar-refractivity contribution in [3.63, 3.8) is 0 Å². The maximum Gasteiger partial charge on any atom is 0.210 e. The number of hydrogen-bond donors (Lipinski definition) is 0. The molecule has 2 aromatic carbocycles. The van der Waals surface area contributed by atoms with Crippen molar-refractivity contribution in [2.24, 2.45) is 0 Å². The third-order valence-corrected chi connectivity index (χ3v) is 7.11. The Morgan fingerprint density at radius 3 is 2.15 bits per heavy atom. The molecule has 0 atom stereocenters. The van der Waals surface area contributed by atoms with E-state index in [-0.39, 0.29) is 15.4 Å². The number of sulfone groups is 1. The number of rotatable bonds is 5. The predicted molar refractivity (Wildman–Crippen MR) is 111 cm³/mol. The zero-order chi connectivity index (χ0) is 19.6. The van der Waals surface area contributed by atoms with Crippen molar-refractivity contribution < 1.29 is 13.2 Å². The highest BCUT2D eigenvalue weighted by Crippen LogP contribution is 2.28. The Labute approximate surface area is 167 Å². The fourth-order valence-electron chi connectivity index (χ4n) is 2.50. The molecule has 0 fully saturated rings. The normalized spacial score (nSPS) is 12.2. The van der Waals surface area contributed by atoms with Gasteiger partial charge < -0.3 is 0 Å². The molecular weight excluding hydrogens is 400 g/mol. The van der Waals surface area contributed by atoms with Crippen LogP contribution in [0.1, 0.15) is 26.4 Å². The Morgan fingerprint density at radius 1 is 0.963 bits per heavy atom. The van der Waals surface area contributed by atoms with Crippen LogP contribution in [0.25, 0.3) is 6.08 Å². The average molecular weight is 417 g/mol. The molecule has 0 spiro atoms. The molecule has 138 valence electrons. The van der Waals surface area contributed by atoms with Crippen molar-refractivity contribution in [3.8, 4) is 0 Å². The first-order valence-electron chi connectivity index (χ1n) is 8.17. The number of ketones is 1. The Balaban J connectivity index is 2.17. The van der Waals surface area contributed by atoms with Gasteiger partial charge >= 0.3 is 0 Å². The molecule has 0 saturated heterocycles. The van der Waals surface area contributed by atoms with E-state index < -0.39 is 15.6 Å². The number of hydrogen-bond acceptors (Lipinski definition) is 4. The van der Waals surface area contributed by atoms with Gasteiger partial charge in [-0.1, -0.05) is 29.3 Å². The molecule has 0 saturated carbocycles. The fraction of sp³-hybridized carbons (Fsp3) is 0.0952. The summed E-state index contributed by atoms with van der Waals surface area (Å²) in [5.74, 6) is -0.556. The van der Waals surface area contributed by atoms with E-state index in [1.54, 1.807) is 24.3 Å². The first-order chi connectivity index (χ1) is 12.8. The van der Waals surface area contributed by atoms with Gasteiger partial charge in [0.25, 0.3) is 0 Å². The summed E-state index contributed by atoms with van der Waals surface area (Å²) in [6.07, 6.45) is 1.46. The largest absolute Gasteiger partial charge is 0.288 e. The Morgan fingerprint density at radius 2 is 1.59 bits per heavy atom. The molecule has 6 heteroatoms. The molecule has 0 bridgehead atoms. The Hall–Kier alpha value is -2.21. The molecule has 0 aliphatic heterocycles. The summed E-state index contributed by atoms with van der Waals surface area (Å²) in [4.78, 5) is 13.7. The molecule has 0 unspecified atom stereocenters. The summed E-state index contributed by atoms with van der Waals surface area (Å²) in [5.41, 5.74) is 2.13. The van der Waals surface area contributed by atoms with E-state index in [0.29, 0.717) is 5.02 Å². The van der Waals surface area contributed by atoms with E-state index in [0.717, 1.165) is 16.0 Å². The van der Waals surface area contributed by atoms with Gasteiger partial charge in [-0.15, -0.1) is 11.3 Å². The van der Waals surface area contributed by atoms with Crippen molar-refractivity contribution in [2.75, 3.05) is 0 Å². The van der Waals surface area contributed by atoms with E-state index in [2.05, 4.69) is 0 Å². The molecule has 3 rings (SSSR count). The summed E-state index contributed by atoms with van der Waals surface area (Å²) < 4.78 is 26.5. The second kappa shape index (κ2) is 7.80. The maximum atomic E-state index is 13.3. The van der Waals surface area contributed by atoms with Gasteiger partial charge in [0.2, 0.25) is 15.6 Å². The van der Waals surface area contributed by atoms with Gasteiger partial charge in [0.1, 0.15) is 4.91 Å². The van der Waals surface area contributed by atoms with Gasteiger partial charge in [0.15, 0.2) is 0 Å². The first kappa shape index (κ1) is 19.5. The van der Waals surface area contributed by atoms with E-state index in [1.807, 2.05) is 25.3 Å². The standard InChI is InChI=1S/C21H17ClO3S2/c1-14-3-9-18(10-4-14)27(24,25)20(13-19-15(2)11-12-26-19)21(23)16-5-7-17(22)8-6-16/h3-13H,1-2H3/b20-13+. The molecule has 3 aromatic rings. The minimum absolute atomic E-state index is 0.0934. The zero-order valence-corrected chi connectivity index (χ0v) is 17.2. The summed E-state index contributed by atoms with van der Waals surface area (Å²) >= 11 is 7.28. The lowest BCUT2D eigenvalue weighted by molar-refractivity contribution is 0.104. The van der Waals surface area contributed by atoms with Gasteiger partial charge in [-0.3, -0.25) is 4.79 Å². The molecule has 1 heterocycles. The van der Waals surface area contributed by atoms with Crippen LogP contribution in [0, 0.1) is 13.8 Å².